The molecule has 0 aliphatic carbocycles. The van der Waals surface area contributed by atoms with Gasteiger partial charge in [0.1, 0.15) is 12.6 Å². The second-order valence-corrected chi connectivity index (χ2v) is 8.40. The molecule has 2 rings (SSSR count). The van der Waals surface area contributed by atoms with Gasteiger partial charge in [-0.2, -0.15) is 4.72 Å². The minimum Gasteiger partial charge on any atom is -0.458 e. The third kappa shape index (κ3) is 6.12. The van der Waals surface area contributed by atoms with Crippen LogP contribution in [0.5, 0.6) is 0 Å². The summed E-state index contributed by atoms with van der Waals surface area (Å²) in [6, 6.07) is 4.55. The first-order valence-corrected chi connectivity index (χ1v) is 10.6. The smallest absolute Gasteiger partial charge is 0.324 e. The topological polar surface area (TPSA) is 114 Å². The highest BCUT2D eigenvalue weighted by atomic mass is 32.2. The van der Waals surface area contributed by atoms with Crippen molar-refractivity contribution in [3.05, 3.63) is 40.3 Å². The van der Waals surface area contributed by atoms with Crippen molar-refractivity contribution in [2.24, 2.45) is 0 Å². The number of hydrogen-bond acceptors (Lipinski definition) is 7. The van der Waals surface area contributed by atoms with E-state index in [1.54, 1.807) is 5.38 Å². The molecule has 1 aromatic carbocycles. The van der Waals surface area contributed by atoms with Gasteiger partial charge in [-0.05, 0) is 37.6 Å². The van der Waals surface area contributed by atoms with Gasteiger partial charge in [0.15, 0.2) is 0 Å². The Balaban J connectivity index is 1.94. The number of aryl methyl sites for hydroxylation is 1. The lowest BCUT2D eigenvalue weighted by Gasteiger charge is -2.13. The maximum atomic E-state index is 12.4. The third-order valence-corrected chi connectivity index (χ3v) is 6.03. The van der Waals surface area contributed by atoms with E-state index in [1.165, 1.54) is 49.4 Å². The molecule has 0 unspecified atom stereocenters. The van der Waals surface area contributed by atoms with Crippen LogP contribution >= 0.6 is 11.3 Å². The Labute approximate surface area is 162 Å². The fourth-order valence-corrected chi connectivity index (χ4v) is 4.04. The molecule has 10 heteroatoms. The van der Waals surface area contributed by atoms with Gasteiger partial charge in [-0.3, -0.25) is 9.59 Å². The van der Waals surface area contributed by atoms with E-state index in [1.807, 2.05) is 6.92 Å². The summed E-state index contributed by atoms with van der Waals surface area (Å²) in [5.41, 5.74) is 1.11. The Morgan fingerprint density at radius 2 is 1.93 bits per heavy atom. The fourth-order valence-electron chi connectivity index (χ4n) is 2.12. The van der Waals surface area contributed by atoms with Crippen LogP contribution in [0.1, 0.15) is 31.5 Å². The van der Waals surface area contributed by atoms with Gasteiger partial charge in [0.25, 0.3) is 0 Å². The Hall–Kier alpha value is -2.30. The first kappa shape index (κ1) is 21.0. The minimum absolute atomic E-state index is 0.00713. The molecule has 1 aromatic heterocycles. The standard InChI is InChI=1S/C17H21N3O5S2/c1-4-16-19-14(10-26-16)9-25-17(22)11(2)20-27(23,24)15-7-5-13(6-8-15)18-12(3)21/h5-8,10-11,20H,4,9H2,1-3H3,(H,18,21)/t11-/m0/s1. The molecule has 0 bridgehead atoms. The Kier molecular flexibility index (Phi) is 7.05. The fraction of sp³-hybridized carbons (Fsp3) is 0.353. The van der Waals surface area contributed by atoms with Crippen LogP contribution in [-0.4, -0.2) is 31.3 Å². The van der Waals surface area contributed by atoms with Gasteiger partial charge in [-0.25, -0.2) is 13.4 Å². The quantitative estimate of drug-likeness (QED) is 0.643. The van der Waals surface area contributed by atoms with Gasteiger partial charge in [0, 0.05) is 18.0 Å². The van der Waals surface area contributed by atoms with Crippen molar-refractivity contribution >= 4 is 38.9 Å². The van der Waals surface area contributed by atoms with E-state index in [0.29, 0.717) is 11.4 Å². The second-order valence-electron chi connectivity index (χ2n) is 5.74. The van der Waals surface area contributed by atoms with Crippen molar-refractivity contribution in [2.45, 2.75) is 44.7 Å². The van der Waals surface area contributed by atoms with E-state index in [4.69, 9.17) is 4.74 Å². The summed E-state index contributed by atoms with van der Waals surface area (Å²) in [6.07, 6.45) is 0.801. The molecule has 0 fully saturated rings. The molecule has 27 heavy (non-hydrogen) atoms. The molecule has 0 aliphatic rings. The van der Waals surface area contributed by atoms with E-state index in [9.17, 15) is 18.0 Å². The summed E-state index contributed by atoms with van der Waals surface area (Å²) in [4.78, 5) is 27.3. The number of amides is 1. The molecule has 1 heterocycles. The summed E-state index contributed by atoms with van der Waals surface area (Å²) in [5, 5.41) is 5.29. The number of ether oxygens (including phenoxy) is 1. The first-order chi connectivity index (χ1) is 12.7. The number of aromatic nitrogens is 1. The average molecular weight is 412 g/mol. The van der Waals surface area contributed by atoms with Gasteiger partial charge in [-0.15, -0.1) is 11.3 Å². The SMILES string of the molecule is CCc1nc(COC(=O)[C@H](C)NS(=O)(=O)c2ccc(NC(C)=O)cc2)cs1. The van der Waals surface area contributed by atoms with Crippen LogP contribution in [-0.2, 0) is 37.4 Å². The number of carbonyl (C=O) groups is 2. The van der Waals surface area contributed by atoms with Gasteiger partial charge in [0.2, 0.25) is 15.9 Å². The Bertz CT molecular complexity index is 907. The Morgan fingerprint density at radius 1 is 1.26 bits per heavy atom. The Morgan fingerprint density at radius 3 is 2.48 bits per heavy atom. The van der Waals surface area contributed by atoms with Crippen molar-refractivity contribution in [3.8, 4) is 0 Å². The first-order valence-electron chi connectivity index (χ1n) is 8.21. The number of hydrogen-bond donors (Lipinski definition) is 2. The number of benzene rings is 1. The number of nitrogens with one attached hydrogen (secondary N) is 2. The average Bonchev–Trinajstić information content (AvgIpc) is 3.07. The highest BCUT2D eigenvalue weighted by molar-refractivity contribution is 7.89. The minimum atomic E-state index is -3.91. The van der Waals surface area contributed by atoms with Crippen molar-refractivity contribution in [3.63, 3.8) is 0 Å². The summed E-state index contributed by atoms with van der Waals surface area (Å²) >= 11 is 1.48. The number of carbonyl (C=O) groups excluding carboxylic acids is 2. The molecule has 2 N–H and O–H groups in total. The molecule has 8 nitrogen and oxygen atoms in total. The summed E-state index contributed by atoms with van der Waals surface area (Å²) < 4.78 is 32.2. The summed E-state index contributed by atoms with van der Waals surface area (Å²) in [6.45, 7) is 4.74. The molecule has 0 aliphatic heterocycles. The van der Waals surface area contributed by atoms with Gasteiger partial charge < -0.3 is 10.1 Å². The summed E-state index contributed by atoms with van der Waals surface area (Å²) in [5.74, 6) is -0.953. The van der Waals surface area contributed by atoms with E-state index < -0.39 is 22.0 Å². The zero-order valence-corrected chi connectivity index (χ0v) is 16.8. The number of thiazole rings is 1. The van der Waals surface area contributed by atoms with Crippen LogP contribution in [0.2, 0.25) is 0 Å². The lowest BCUT2D eigenvalue weighted by Crippen LogP contribution is -2.39. The molecule has 146 valence electrons. The number of esters is 1. The zero-order chi connectivity index (χ0) is 20.0. The molecule has 0 saturated heterocycles. The number of anilines is 1. The zero-order valence-electron chi connectivity index (χ0n) is 15.2. The highest BCUT2D eigenvalue weighted by Crippen LogP contribution is 2.15. The van der Waals surface area contributed by atoms with Crippen LogP contribution in [0.3, 0.4) is 0 Å². The van der Waals surface area contributed by atoms with Crippen molar-refractivity contribution in [1.82, 2.24) is 9.71 Å². The van der Waals surface area contributed by atoms with Gasteiger partial charge in [-0.1, -0.05) is 6.92 Å². The molecule has 0 spiro atoms. The molecule has 0 saturated carbocycles. The number of sulfonamides is 1. The molecule has 2 aromatic rings. The third-order valence-electron chi connectivity index (χ3n) is 3.43. The predicted molar refractivity (Wildman–Crippen MR) is 102 cm³/mol. The molecular weight excluding hydrogens is 390 g/mol. The molecule has 0 radical (unpaired) electrons. The normalized spacial score (nSPS) is 12.4. The van der Waals surface area contributed by atoms with Gasteiger partial charge >= 0.3 is 5.97 Å². The molecular formula is C17H21N3O5S2. The van der Waals surface area contributed by atoms with Crippen molar-refractivity contribution < 1.29 is 22.7 Å². The van der Waals surface area contributed by atoms with Crippen LogP contribution in [0.4, 0.5) is 5.69 Å². The van der Waals surface area contributed by atoms with Crippen LogP contribution in [0.15, 0.2) is 34.5 Å². The molecule has 1 atom stereocenters. The lowest BCUT2D eigenvalue weighted by molar-refractivity contribution is -0.146. The number of rotatable bonds is 8. The van der Waals surface area contributed by atoms with E-state index in [0.717, 1.165) is 11.4 Å². The van der Waals surface area contributed by atoms with Crippen molar-refractivity contribution in [2.75, 3.05) is 5.32 Å². The lowest BCUT2D eigenvalue weighted by atomic mass is 10.3. The monoisotopic (exact) mass is 411 g/mol. The maximum absolute atomic E-state index is 12.4. The predicted octanol–water partition coefficient (Wildman–Crippen LogP) is 2.07. The number of nitrogens with zero attached hydrogens (tertiary/aromatic N) is 1. The van der Waals surface area contributed by atoms with E-state index in [2.05, 4.69) is 15.0 Å². The van der Waals surface area contributed by atoms with E-state index in [-0.39, 0.29) is 17.4 Å². The van der Waals surface area contributed by atoms with Gasteiger partial charge in [0.05, 0.1) is 15.6 Å². The van der Waals surface area contributed by atoms with Crippen LogP contribution in [0.25, 0.3) is 0 Å². The maximum Gasteiger partial charge on any atom is 0.324 e. The second kappa shape index (κ2) is 9.07. The highest BCUT2D eigenvalue weighted by Gasteiger charge is 2.23. The molecule has 1 amide bonds. The largest absolute Gasteiger partial charge is 0.458 e. The van der Waals surface area contributed by atoms with Crippen LogP contribution < -0.4 is 10.0 Å². The summed E-state index contributed by atoms with van der Waals surface area (Å²) in [7, 11) is -3.91. The van der Waals surface area contributed by atoms with E-state index >= 15 is 0 Å². The van der Waals surface area contributed by atoms with Crippen LogP contribution in [0, 0.1) is 0 Å². The van der Waals surface area contributed by atoms with Crippen molar-refractivity contribution in [1.29, 1.82) is 0 Å².